The van der Waals surface area contributed by atoms with E-state index in [0.717, 1.165) is 16.8 Å². The third-order valence-electron chi connectivity index (χ3n) is 2.80. The molecule has 0 fully saturated rings. The minimum absolute atomic E-state index is 0.0232. The van der Waals surface area contributed by atoms with Gasteiger partial charge < -0.3 is 11.1 Å². The summed E-state index contributed by atoms with van der Waals surface area (Å²) < 4.78 is 0. The molecule has 88 valence electrons. The van der Waals surface area contributed by atoms with Gasteiger partial charge in [-0.3, -0.25) is 4.98 Å². The number of nitrogen functional groups attached to an aromatic ring is 1. The first-order valence-corrected chi connectivity index (χ1v) is 5.53. The molecule has 0 spiro atoms. The van der Waals surface area contributed by atoms with Gasteiger partial charge >= 0.3 is 0 Å². The minimum Gasteiger partial charge on any atom is -0.383 e. The van der Waals surface area contributed by atoms with Crippen molar-refractivity contribution in [1.29, 1.82) is 0 Å². The quantitative estimate of drug-likeness (QED) is 0.839. The Morgan fingerprint density at radius 2 is 2.00 bits per heavy atom. The molecule has 0 bridgehead atoms. The van der Waals surface area contributed by atoms with Gasteiger partial charge in [0.15, 0.2) is 0 Å². The summed E-state index contributed by atoms with van der Waals surface area (Å²) in [4.78, 5) is 8.51. The van der Waals surface area contributed by atoms with Crippen LogP contribution in [0.2, 0.25) is 0 Å². The van der Waals surface area contributed by atoms with Gasteiger partial charge in [0.2, 0.25) is 0 Å². The van der Waals surface area contributed by atoms with Crippen LogP contribution in [0.4, 0.5) is 5.82 Å². The number of rotatable bonds is 3. The highest BCUT2D eigenvalue weighted by atomic mass is 14.9. The Bertz CT molecular complexity index is 476. The molecule has 4 heteroatoms. The standard InChI is InChI=1S/C13H16N4/c1-9-6-8-17-13(14)11(9)12(15-2)10-5-3-4-7-16-10/h3-8,12,15H,1-2H3,(H2,14,17). The number of anilines is 1. The molecule has 2 rings (SSSR count). The molecule has 2 aromatic heterocycles. The second-order valence-electron chi connectivity index (χ2n) is 3.90. The summed E-state index contributed by atoms with van der Waals surface area (Å²) in [5.41, 5.74) is 9.01. The highest BCUT2D eigenvalue weighted by Crippen LogP contribution is 2.26. The van der Waals surface area contributed by atoms with E-state index in [-0.39, 0.29) is 6.04 Å². The molecule has 0 aliphatic rings. The molecule has 2 aromatic rings. The van der Waals surface area contributed by atoms with E-state index in [1.807, 2.05) is 38.2 Å². The molecule has 0 aliphatic heterocycles. The van der Waals surface area contributed by atoms with Crippen molar-refractivity contribution in [1.82, 2.24) is 15.3 Å². The number of aryl methyl sites for hydroxylation is 1. The van der Waals surface area contributed by atoms with Gasteiger partial charge in [-0.15, -0.1) is 0 Å². The Hall–Kier alpha value is -1.94. The Kier molecular flexibility index (Phi) is 3.35. The molecule has 4 nitrogen and oxygen atoms in total. The SMILES string of the molecule is CNC(c1ccccn1)c1c(C)ccnc1N. The van der Waals surface area contributed by atoms with E-state index in [0.29, 0.717) is 5.82 Å². The topological polar surface area (TPSA) is 63.8 Å². The fourth-order valence-electron chi connectivity index (χ4n) is 1.95. The maximum absolute atomic E-state index is 5.96. The van der Waals surface area contributed by atoms with Crippen LogP contribution in [0.3, 0.4) is 0 Å². The third kappa shape index (κ3) is 2.26. The van der Waals surface area contributed by atoms with Gasteiger partial charge in [0.25, 0.3) is 0 Å². The number of aromatic nitrogens is 2. The number of hydrogen-bond acceptors (Lipinski definition) is 4. The van der Waals surface area contributed by atoms with Gasteiger partial charge in [0.1, 0.15) is 5.82 Å². The molecular weight excluding hydrogens is 212 g/mol. The zero-order chi connectivity index (χ0) is 12.3. The van der Waals surface area contributed by atoms with Crippen molar-refractivity contribution in [3.05, 3.63) is 53.5 Å². The first-order valence-electron chi connectivity index (χ1n) is 5.53. The van der Waals surface area contributed by atoms with E-state index in [9.17, 15) is 0 Å². The fourth-order valence-corrected chi connectivity index (χ4v) is 1.95. The van der Waals surface area contributed by atoms with Crippen LogP contribution in [0.1, 0.15) is 22.9 Å². The van der Waals surface area contributed by atoms with Crippen molar-refractivity contribution >= 4 is 5.82 Å². The van der Waals surface area contributed by atoms with Crippen molar-refractivity contribution in [3.63, 3.8) is 0 Å². The smallest absolute Gasteiger partial charge is 0.128 e. The van der Waals surface area contributed by atoms with Crippen molar-refractivity contribution in [2.45, 2.75) is 13.0 Å². The summed E-state index contributed by atoms with van der Waals surface area (Å²) in [6, 6.07) is 7.78. The Morgan fingerprint density at radius 1 is 1.18 bits per heavy atom. The van der Waals surface area contributed by atoms with Crippen LogP contribution in [0.15, 0.2) is 36.7 Å². The molecule has 1 atom stereocenters. The van der Waals surface area contributed by atoms with Crippen LogP contribution < -0.4 is 11.1 Å². The van der Waals surface area contributed by atoms with Gasteiger partial charge in [0, 0.05) is 18.0 Å². The normalized spacial score (nSPS) is 12.4. The van der Waals surface area contributed by atoms with Crippen molar-refractivity contribution in [2.75, 3.05) is 12.8 Å². The molecule has 1 unspecified atom stereocenters. The summed E-state index contributed by atoms with van der Waals surface area (Å²) >= 11 is 0. The molecule has 0 saturated heterocycles. The zero-order valence-electron chi connectivity index (χ0n) is 10.0. The van der Waals surface area contributed by atoms with Gasteiger partial charge in [0.05, 0.1) is 11.7 Å². The lowest BCUT2D eigenvalue weighted by Crippen LogP contribution is -2.21. The molecule has 0 aliphatic carbocycles. The second-order valence-corrected chi connectivity index (χ2v) is 3.90. The Morgan fingerprint density at radius 3 is 2.59 bits per heavy atom. The Labute approximate surface area is 101 Å². The summed E-state index contributed by atoms with van der Waals surface area (Å²) in [5.74, 6) is 0.551. The number of pyridine rings is 2. The van der Waals surface area contributed by atoms with Crippen molar-refractivity contribution in [3.8, 4) is 0 Å². The van der Waals surface area contributed by atoms with E-state index in [1.165, 1.54) is 0 Å². The maximum Gasteiger partial charge on any atom is 0.128 e. The highest BCUT2D eigenvalue weighted by molar-refractivity contribution is 5.48. The number of hydrogen-bond donors (Lipinski definition) is 2. The highest BCUT2D eigenvalue weighted by Gasteiger charge is 2.18. The molecule has 17 heavy (non-hydrogen) atoms. The number of nitrogens with one attached hydrogen (secondary N) is 1. The number of nitrogens with two attached hydrogens (primary N) is 1. The zero-order valence-corrected chi connectivity index (χ0v) is 10.0. The van der Waals surface area contributed by atoms with E-state index < -0.39 is 0 Å². The van der Waals surface area contributed by atoms with Crippen LogP contribution in [0.25, 0.3) is 0 Å². The predicted molar refractivity (Wildman–Crippen MR) is 68.5 cm³/mol. The first kappa shape index (κ1) is 11.5. The molecule has 2 heterocycles. The summed E-state index contributed by atoms with van der Waals surface area (Å²) in [7, 11) is 1.89. The second kappa shape index (κ2) is 4.93. The van der Waals surface area contributed by atoms with Gasteiger partial charge in [-0.05, 0) is 37.7 Å². The maximum atomic E-state index is 5.96. The van der Waals surface area contributed by atoms with Gasteiger partial charge in [-0.2, -0.15) is 0 Å². The first-order chi connectivity index (χ1) is 8.24. The van der Waals surface area contributed by atoms with Crippen LogP contribution in [0.5, 0.6) is 0 Å². The van der Waals surface area contributed by atoms with E-state index in [1.54, 1.807) is 12.4 Å². The molecular formula is C13H16N4. The predicted octanol–water partition coefficient (Wildman–Crippen LogP) is 1.68. The van der Waals surface area contributed by atoms with Gasteiger partial charge in [-0.25, -0.2) is 4.98 Å². The number of nitrogens with zero attached hydrogens (tertiary/aromatic N) is 2. The van der Waals surface area contributed by atoms with Crippen LogP contribution in [-0.4, -0.2) is 17.0 Å². The van der Waals surface area contributed by atoms with E-state index >= 15 is 0 Å². The van der Waals surface area contributed by atoms with Crippen LogP contribution >= 0.6 is 0 Å². The monoisotopic (exact) mass is 228 g/mol. The van der Waals surface area contributed by atoms with Crippen molar-refractivity contribution < 1.29 is 0 Å². The van der Waals surface area contributed by atoms with Crippen molar-refractivity contribution in [2.24, 2.45) is 0 Å². The summed E-state index contributed by atoms with van der Waals surface area (Å²) in [6.45, 7) is 2.03. The average molecular weight is 228 g/mol. The summed E-state index contributed by atoms with van der Waals surface area (Å²) in [6.07, 6.45) is 3.50. The molecule has 0 saturated carbocycles. The largest absolute Gasteiger partial charge is 0.383 e. The molecule has 3 N–H and O–H groups in total. The van der Waals surface area contributed by atoms with Crippen LogP contribution in [-0.2, 0) is 0 Å². The lowest BCUT2D eigenvalue weighted by molar-refractivity contribution is 0.666. The third-order valence-corrected chi connectivity index (χ3v) is 2.80. The average Bonchev–Trinajstić information content (AvgIpc) is 2.35. The van der Waals surface area contributed by atoms with E-state index in [2.05, 4.69) is 15.3 Å². The Balaban J connectivity index is 2.50. The van der Waals surface area contributed by atoms with Gasteiger partial charge in [-0.1, -0.05) is 6.07 Å². The molecule has 0 amide bonds. The molecule has 0 radical (unpaired) electrons. The fraction of sp³-hybridized carbons (Fsp3) is 0.231. The van der Waals surface area contributed by atoms with Crippen LogP contribution in [0, 0.1) is 6.92 Å². The lowest BCUT2D eigenvalue weighted by Gasteiger charge is -2.19. The van der Waals surface area contributed by atoms with E-state index in [4.69, 9.17) is 5.73 Å². The lowest BCUT2D eigenvalue weighted by atomic mass is 9.99. The summed E-state index contributed by atoms with van der Waals surface area (Å²) in [5, 5.41) is 3.23. The molecule has 0 aromatic carbocycles. The minimum atomic E-state index is -0.0232.